The van der Waals surface area contributed by atoms with Gasteiger partial charge in [-0.3, -0.25) is 0 Å². The first kappa shape index (κ1) is 19.1. The standard InChI is InChI=1S/C23H23FIN3O/c1-14(2)19-12-18-20(28(19)17-8-6-16(24)7-9-17)11-15-13-27(26-23(15)22(18)25)21-5-3-4-10-29-21/h6-9,11-14,21H,3-5,10H2,1-2H3. The molecule has 1 saturated heterocycles. The predicted molar refractivity (Wildman–Crippen MR) is 122 cm³/mol. The zero-order valence-electron chi connectivity index (χ0n) is 16.5. The van der Waals surface area contributed by atoms with Gasteiger partial charge in [-0.15, -0.1) is 0 Å². The third kappa shape index (κ3) is 3.26. The Bertz CT molecular complexity index is 1190. The van der Waals surface area contributed by atoms with E-state index in [9.17, 15) is 4.39 Å². The van der Waals surface area contributed by atoms with Gasteiger partial charge in [-0.25, -0.2) is 9.07 Å². The van der Waals surface area contributed by atoms with Crippen molar-refractivity contribution in [1.29, 1.82) is 0 Å². The van der Waals surface area contributed by atoms with Crippen molar-refractivity contribution in [3.63, 3.8) is 0 Å². The van der Waals surface area contributed by atoms with Gasteiger partial charge in [0, 0.05) is 35.0 Å². The van der Waals surface area contributed by atoms with E-state index in [1.165, 1.54) is 29.6 Å². The van der Waals surface area contributed by atoms with Gasteiger partial charge in [-0.2, -0.15) is 5.10 Å². The van der Waals surface area contributed by atoms with Crippen LogP contribution in [0.25, 0.3) is 27.5 Å². The van der Waals surface area contributed by atoms with Gasteiger partial charge in [0.05, 0.1) is 9.09 Å². The molecule has 0 saturated carbocycles. The lowest BCUT2D eigenvalue weighted by Crippen LogP contribution is -2.18. The molecule has 1 aliphatic heterocycles. The van der Waals surface area contributed by atoms with Gasteiger partial charge in [0.25, 0.3) is 0 Å². The molecule has 0 N–H and O–H groups in total. The van der Waals surface area contributed by atoms with Crippen molar-refractivity contribution in [1.82, 2.24) is 14.3 Å². The summed E-state index contributed by atoms with van der Waals surface area (Å²) in [4.78, 5) is 0. The van der Waals surface area contributed by atoms with Crippen LogP contribution in [0, 0.1) is 9.39 Å². The van der Waals surface area contributed by atoms with E-state index in [1.54, 1.807) is 0 Å². The van der Waals surface area contributed by atoms with E-state index >= 15 is 0 Å². The lowest BCUT2D eigenvalue weighted by Gasteiger charge is -2.22. The van der Waals surface area contributed by atoms with Gasteiger partial charge in [-0.05, 0) is 84.2 Å². The number of hydrogen-bond donors (Lipinski definition) is 0. The molecule has 29 heavy (non-hydrogen) atoms. The number of fused-ring (bicyclic) bond motifs is 2. The van der Waals surface area contributed by atoms with Gasteiger partial charge in [-0.1, -0.05) is 13.8 Å². The fourth-order valence-electron chi connectivity index (χ4n) is 4.20. The molecular formula is C23H23FIN3O. The molecule has 6 heteroatoms. The van der Waals surface area contributed by atoms with Gasteiger partial charge in [0.15, 0.2) is 0 Å². The van der Waals surface area contributed by atoms with Crippen LogP contribution in [0.15, 0.2) is 42.6 Å². The number of halogens is 2. The smallest absolute Gasteiger partial charge is 0.150 e. The Morgan fingerprint density at radius 1 is 1.17 bits per heavy atom. The highest BCUT2D eigenvalue weighted by atomic mass is 127. The zero-order valence-corrected chi connectivity index (χ0v) is 18.7. The van der Waals surface area contributed by atoms with Crippen LogP contribution in [0.4, 0.5) is 4.39 Å². The molecule has 1 atom stereocenters. The van der Waals surface area contributed by atoms with E-state index in [1.807, 2.05) is 16.8 Å². The molecule has 5 rings (SSSR count). The molecule has 4 nitrogen and oxygen atoms in total. The molecule has 0 radical (unpaired) electrons. The normalized spacial score (nSPS) is 17.6. The molecule has 0 spiro atoms. The maximum atomic E-state index is 13.5. The van der Waals surface area contributed by atoms with Gasteiger partial charge >= 0.3 is 0 Å². The molecule has 2 aromatic carbocycles. The summed E-state index contributed by atoms with van der Waals surface area (Å²) in [5, 5.41) is 7.17. The van der Waals surface area contributed by atoms with Crippen LogP contribution in [0.5, 0.6) is 0 Å². The lowest BCUT2D eigenvalue weighted by molar-refractivity contribution is -0.0390. The summed E-state index contributed by atoms with van der Waals surface area (Å²) in [6.45, 7) is 5.17. The highest BCUT2D eigenvalue weighted by molar-refractivity contribution is 14.1. The van der Waals surface area contributed by atoms with Crippen molar-refractivity contribution in [3.05, 3.63) is 57.7 Å². The highest BCUT2D eigenvalue weighted by Gasteiger charge is 2.21. The van der Waals surface area contributed by atoms with E-state index in [2.05, 4.69) is 59.3 Å². The largest absolute Gasteiger partial charge is 0.357 e. The Morgan fingerprint density at radius 2 is 1.97 bits per heavy atom. The average Bonchev–Trinajstić information content (AvgIpc) is 3.32. The third-order valence-electron chi connectivity index (χ3n) is 5.69. The summed E-state index contributed by atoms with van der Waals surface area (Å²) < 4.78 is 24.8. The maximum absolute atomic E-state index is 13.5. The van der Waals surface area contributed by atoms with Crippen molar-refractivity contribution in [2.45, 2.75) is 45.3 Å². The molecular weight excluding hydrogens is 480 g/mol. The van der Waals surface area contributed by atoms with Gasteiger partial charge in [0.2, 0.25) is 0 Å². The highest BCUT2D eigenvalue weighted by Crippen LogP contribution is 2.36. The van der Waals surface area contributed by atoms with E-state index in [-0.39, 0.29) is 12.0 Å². The van der Waals surface area contributed by atoms with E-state index in [4.69, 9.17) is 9.84 Å². The Labute approximate surface area is 182 Å². The molecule has 1 unspecified atom stereocenters. The number of aromatic nitrogens is 3. The van der Waals surface area contributed by atoms with Crippen LogP contribution in [0.1, 0.15) is 50.9 Å². The first-order valence-corrected chi connectivity index (χ1v) is 11.2. The summed E-state index contributed by atoms with van der Waals surface area (Å²) >= 11 is 2.41. The zero-order chi connectivity index (χ0) is 20.1. The first-order chi connectivity index (χ1) is 14.0. The quantitative estimate of drug-likeness (QED) is 0.297. The van der Waals surface area contributed by atoms with Crippen molar-refractivity contribution < 1.29 is 9.13 Å². The number of ether oxygens (including phenoxy) is 1. The molecule has 0 bridgehead atoms. The van der Waals surface area contributed by atoms with Crippen LogP contribution in [-0.2, 0) is 4.74 Å². The number of hydrogen-bond acceptors (Lipinski definition) is 2. The van der Waals surface area contributed by atoms with Crippen LogP contribution in [0.2, 0.25) is 0 Å². The van der Waals surface area contributed by atoms with E-state index in [0.29, 0.717) is 5.92 Å². The molecule has 3 heterocycles. The summed E-state index contributed by atoms with van der Waals surface area (Å²) in [7, 11) is 0. The molecule has 150 valence electrons. The minimum Gasteiger partial charge on any atom is -0.357 e. The molecule has 0 amide bonds. The average molecular weight is 503 g/mol. The van der Waals surface area contributed by atoms with Crippen LogP contribution < -0.4 is 0 Å². The molecule has 2 aromatic heterocycles. The van der Waals surface area contributed by atoms with Crippen LogP contribution >= 0.6 is 22.6 Å². The fraction of sp³-hybridized carbons (Fsp3) is 0.348. The minimum atomic E-state index is -0.220. The second-order valence-corrected chi connectivity index (χ2v) is 9.11. The maximum Gasteiger partial charge on any atom is 0.150 e. The molecule has 1 aliphatic rings. The molecule has 4 aromatic rings. The summed E-state index contributed by atoms with van der Waals surface area (Å²) in [6, 6.07) is 11.2. The van der Waals surface area contributed by atoms with Gasteiger partial charge < -0.3 is 9.30 Å². The van der Waals surface area contributed by atoms with Crippen molar-refractivity contribution >= 4 is 44.4 Å². The number of nitrogens with zero attached hydrogens (tertiary/aromatic N) is 3. The first-order valence-electron chi connectivity index (χ1n) is 10.1. The lowest BCUT2D eigenvalue weighted by atomic mass is 10.1. The van der Waals surface area contributed by atoms with Crippen LogP contribution in [0.3, 0.4) is 0 Å². The van der Waals surface area contributed by atoms with E-state index in [0.717, 1.165) is 45.1 Å². The second-order valence-electron chi connectivity index (χ2n) is 8.03. The van der Waals surface area contributed by atoms with Gasteiger partial charge in [0.1, 0.15) is 17.6 Å². The predicted octanol–water partition coefficient (Wildman–Crippen LogP) is 6.55. The minimum absolute atomic E-state index is 0.0248. The fourth-order valence-corrected chi connectivity index (χ4v) is 5.06. The Hall–Kier alpha value is -1.93. The second kappa shape index (κ2) is 7.40. The van der Waals surface area contributed by atoms with Crippen LogP contribution in [-0.4, -0.2) is 21.0 Å². The summed E-state index contributed by atoms with van der Waals surface area (Å²) in [5.74, 6) is 0.119. The van der Waals surface area contributed by atoms with Crippen molar-refractivity contribution in [3.8, 4) is 5.69 Å². The molecule has 1 fully saturated rings. The van der Waals surface area contributed by atoms with Crippen molar-refractivity contribution in [2.75, 3.05) is 6.61 Å². The number of benzene rings is 2. The van der Waals surface area contributed by atoms with Crippen molar-refractivity contribution in [2.24, 2.45) is 0 Å². The topological polar surface area (TPSA) is 32.0 Å². The Kier molecular flexibility index (Phi) is 4.86. The molecule has 0 aliphatic carbocycles. The summed E-state index contributed by atoms with van der Waals surface area (Å²) in [6.07, 6.45) is 5.43. The third-order valence-corrected chi connectivity index (χ3v) is 6.78. The number of rotatable bonds is 3. The Morgan fingerprint density at radius 3 is 2.66 bits per heavy atom. The SMILES string of the molecule is CC(C)c1cc2c(I)c3nn(C4CCCCO4)cc3cc2n1-c1ccc(F)cc1. The Balaban J connectivity index is 1.73. The van der Waals surface area contributed by atoms with E-state index < -0.39 is 0 Å². The monoisotopic (exact) mass is 503 g/mol. The summed E-state index contributed by atoms with van der Waals surface area (Å²) in [5.41, 5.74) is 4.32.